The van der Waals surface area contributed by atoms with Crippen molar-refractivity contribution in [1.29, 1.82) is 0 Å². The predicted molar refractivity (Wildman–Crippen MR) is 54.6 cm³/mol. The van der Waals surface area contributed by atoms with Crippen molar-refractivity contribution in [1.82, 2.24) is 5.32 Å². The fourth-order valence-electron chi connectivity index (χ4n) is 1.26. The van der Waals surface area contributed by atoms with Crippen LogP contribution in [0.1, 0.15) is 33.1 Å². The molecule has 1 fully saturated rings. The second kappa shape index (κ2) is 3.87. The third-order valence-electron chi connectivity index (χ3n) is 3.31. The fourth-order valence-corrected chi connectivity index (χ4v) is 1.26. The molecular weight excluding hydrogens is 180 g/mol. The third-order valence-corrected chi connectivity index (χ3v) is 3.31. The molecule has 82 valence electrons. The van der Waals surface area contributed by atoms with Gasteiger partial charge in [0.15, 0.2) is 0 Å². The summed E-state index contributed by atoms with van der Waals surface area (Å²) < 4.78 is 0. The summed E-state index contributed by atoms with van der Waals surface area (Å²) in [6.45, 7) is 4.18. The highest BCUT2D eigenvalue weighted by Crippen LogP contribution is 2.36. The van der Waals surface area contributed by atoms with Crippen LogP contribution in [0.2, 0.25) is 0 Å². The maximum atomic E-state index is 11.8. The van der Waals surface area contributed by atoms with E-state index in [2.05, 4.69) is 5.32 Å². The van der Waals surface area contributed by atoms with Gasteiger partial charge in [-0.05, 0) is 26.2 Å². The van der Waals surface area contributed by atoms with Gasteiger partial charge >= 0.3 is 0 Å². The standard InChI is InChI=1S/C10H20N2O2/c1-3-9(2,6-11)8(14)12-10(7-13)4-5-10/h13H,3-7,11H2,1-2H3,(H,12,14). The quantitative estimate of drug-likeness (QED) is 0.585. The summed E-state index contributed by atoms with van der Waals surface area (Å²) in [5.41, 5.74) is 4.75. The Bertz CT molecular complexity index is 220. The topological polar surface area (TPSA) is 75.4 Å². The van der Waals surface area contributed by atoms with E-state index < -0.39 is 5.41 Å². The summed E-state index contributed by atoms with van der Waals surface area (Å²) >= 11 is 0. The Labute approximate surface area is 84.9 Å². The molecule has 1 atom stereocenters. The Kier molecular flexibility index (Phi) is 3.17. The number of aliphatic hydroxyl groups excluding tert-OH is 1. The molecule has 14 heavy (non-hydrogen) atoms. The normalized spacial score (nSPS) is 22.6. The summed E-state index contributed by atoms with van der Waals surface area (Å²) in [4.78, 5) is 11.8. The van der Waals surface area contributed by atoms with Crippen LogP contribution in [-0.2, 0) is 4.79 Å². The zero-order chi connectivity index (χ0) is 10.8. The van der Waals surface area contributed by atoms with Gasteiger partial charge in [0.25, 0.3) is 0 Å². The van der Waals surface area contributed by atoms with Gasteiger partial charge < -0.3 is 16.2 Å². The Morgan fingerprint density at radius 2 is 2.21 bits per heavy atom. The lowest BCUT2D eigenvalue weighted by Gasteiger charge is -2.27. The number of carbonyl (C=O) groups is 1. The maximum absolute atomic E-state index is 11.8. The molecular formula is C10H20N2O2. The van der Waals surface area contributed by atoms with Crippen molar-refractivity contribution in [3.05, 3.63) is 0 Å². The van der Waals surface area contributed by atoms with Crippen molar-refractivity contribution in [2.24, 2.45) is 11.1 Å². The molecule has 4 N–H and O–H groups in total. The number of amides is 1. The van der Waals surface area contributed by atoms with E-state index in [1.54, 1.807) is 0 Å². The number of hydrogen-bond donors (Lipinski definition) is 3. The molecule has 4 heteroatoms. The highest BCUT2D eigenvalue weighted by atomic mass is 16.3. The highest BCUT2D eigenvalue weighted by Gasteiger charge is 2.46. The SMILES string of the molecule is CCC(C)(CN)C(=O)NC1(CO)CC1. The Morgan fingerprint density at radius 1 is 1.64 bits per heavy atom. The minimum atomic E-state index is -0.495. The summed E-state index contributed by atoms with van der Waals surface area (Å²) in [6, 6.07) is 0. The maximum Gasteiger partial charge on any atom is 0.227 e. The molecule has 0 spiro atoms. The zero-order valence-electron chi connectivity index (χ0n) is 8.97. The highest BCUT2D eigenvalue weighted by molar-refractivity contribution is 5.83. The summed E-state index contributed by atoms with van der Waals surface area (Å²) in [5, 5.41) is 12.0. The number of aliphatic hydroxyl groups is 1. The van der Waals surface area contributed by atoms with E-state index in [4.69, 9.17) is 10.8 Å². The first-order valence-corrected chi connectivity index (χ1v) is 5.15. The van der Waals surface area contributed by atoms with Crippen molar-refractivity contribution < 1.29 is 9.90 Å². The van der Waals surface area contributed by atoms with Crippen molar-refractivity contribution >= 4 is 5.91 Å². The number of nitrogens with one attached hydrogen (secondary N) is 1. The van der Waals surface area contributed by atoms with Crippen LogP contribution in [0.3, 0.4) is 0 Å². The lowest BCUT2D eigenvalue weighted by molar-refractivity contribution is -0.131. The number of nitrogens with two attached hydrogens (primary N) is 1. The molecule has 1 saturated carbocycles. The minimum Gasteiger partial charge on any atom is -0.394 e. The fraction of sp³-hybridized carbons (Fsp3) is 0.900. The van der Waals surface area contributed by atoms with Crippen LogP contribution in [0.25, 0.3) is 0 Å². The van der Waals surface area contributed by atoms with Crippen molar-refractivity contribution in [3.63, 3.8) is 0 Å². The monoisotopic (exact) mass is 200 g/mol. The van der Waals surface area contributed by atoms with E-state index in [1.807, 2.05) is 13.8 Å². The first-order valence-electron chi connectivity index (χ1n) is 5.15. The lowest BCUT2D eigenvalue weighted by atomic mass is 9.86. The van der Waals surface area contributed by atoms with Gasteiger partial charge in [0, 0.05) is 6.54 Å². The Morgan fingerprint density at radius 3 is 2.50 bits per heavy atom. The van der Waals surface area contributed by atoms with Crippen molar-refractivity contribution in [2.75, 3.05) is 13.2 Å². The molecule has 4 nitrogen and oxygen atoms in total. The van der Waals surface area contributed by atoms with E-state index in [0.29, 0.717) is 6.54 Å². The molecule has 0 heterocycles. The summed E-state index contributed by atoms with van der Waals surface area (Å²) in [7, 11) is 0. The second-order valence-electron chi connectivity index (χ2n) is 4.51. The van der Waals surface area contributed by atoms with Crippen molar-refractivity contribution in [3.8, 4) is 0 Å². The smallest absolute Gasteiger partial charge is 0.227 e. The van der Waals surface area contributed by atoms with E-state index in [1.165, 1.54) is 0 Å². The van der Waals surface area contributed by atoms with Gasteiger partial charge in [-0.2, -0.15) is 0 Å². The Balaban J connectivity index is 2.56. The molecule has 1 rings (SSSR count). The molecule has 0 bridgehead atoms. The molecule has 1 unspecified atom stereocenters. The molecule has 0 aliphatic heterocycles. The van der Waals surface area contributed by atoms with Crippen molar-refractivity contribution in [2.45, 2.75) is 38.6 Å². The van der Waals surface area contributed by atoms with E-state index in [-0.39, 0.29) is 18.1 Å². The predicted octanol–water partition coefficient (Wildman–Crippen LogP) is 0.00250. The largest absolute Gasteiger partial charge is 0.394 e. The summed E-state index contributed by atoms with van der Waals surface area (Å²) in [6.07, 6.45) is 2.47. The first-order chi connectivity index (χ1) is 6.52. The molecule has 0 aromatic rings. The average Bonchev–Trinajstić information content (AvgIpc) is 2.97. The molecule has 0 radical (unpaired) electrons. The van der Waals surface area contributed by atoms with Gasteiger partial charge in [-0.15, -0.1) is 0 Å². The summed E-state index contributed by atoms with van der Waals surface area (Å²) in [5.74, 6) is -0.0333. The van der Waals surface area contributed by atoms with Crippen LogP contribution >= 0.6 is 0 Å². The van der Waals surface area contributed by atoms with E-state index in [9.17, 15) is 4.79 Å². The van der Waals surface area contributed by atoms with Crippen LogP contribution in [0, 0.1) is 5.41 Å². The molecule has 1 amide bonds. The minimum absolute atomic E-state index is 0.0309. The van der Waals surface area contributed by atoms with Gasteiger partial charge in [0.1, 0.15) is 0 Å². The molecule has 1 aliphatic rings. The first kappa shape index (κ1) is 11.5. The number of carbonyl (C=O) groups excluding carboxylic acids is 1. The van der Waals surface area contributed by atoms with Crippen LogP contribution < -0.4 is 11.1 Å². The van der Waals surface area contributed by atoms with Gasteiger partial charge in [-0.3, -0.25) is 4.79 Å². The van der Waals surface area contributed by atoms with E-state index >= 15 is 0 Å². The van der Waals surface area contributed by atoms with Gasteiger partial charge in [0.05, 0.1) is 17.6 Å². The molecule has 0 aromatic carbocycles. The van der Waals surface area contributed by atoms with Crippen LogP contribution in [0.4, 0.5) is 0 Å². The number of hydrogen-bond acceptors (Lipinski definition) is 3. The molecule has 1 aliphatic carbocycles. The second-order valence-corrected chi connectivity index (χ2v) is 4.51. The van der Waals surface area contributed by atoms with Gasteiger partial charge in [0.2, 0.25) is 5.91 Å². The van der Waals surface area contributed by atoms with Crippen LogP contribution in [-0.4, -0.2) is 29.7 Å². The van der Waals surface area contributed by atoms with Gasteiger partial charge in [-0.1, -0.05) is 6.92 Å². The third kappa shape index (κ3) is 2.07. The van der Waals surface area contributed by atoms with Gasteiger partial charge in [-0.25, -0.2) is 0 Å². The van der Waals surface area contributed by atoms with E-state index in [0.717, 1.165) is 19.3 Å². The number of rotatable bonds is 5. The Hall–Kier alpha value is -0.610. The molecule has 0 aromatic heterocycles. The molecule has 0 saturated heterocycles. The zero-order valence-corrected chi connectivity index (χ0v) is 8.97. The van der Waals surface area contributed by atoms with Crippen LogP contribution in [0.15, 0.2) is 0 Å². The average molecular weight is 200 g/mol. The van der Waals surface area contributed by atoms with Crippen LogP contribution in [0.5, 0.6) is 0 Å². The lowest BCUT2D eigenvalue weighted by Crippen LogP contribution is -2.49.